The lowest BCUT2D eigenvalue weighted by Crippen LogP contribution is -2.50. The largest absolute Gasteiger partial charge is 0.493 e. The summed E-state index contributed by atoms with van der Waals surface area (Å²) in [6.45, 7) is 3.94. The van der Waals surface area contributed by atoms with E-state index >= 15 is 0 Å². The predicted octanol–water partition coefficient (Wildman–Crippen LogP) is 2.84. The van der Waals surface area contributed by atoms with Crippen LogP contribution in [0.4, 0.5) is 0 Å². The molecule has 1 N–H and O–H groups in total. The maximum absolute atomic E-state index is 5.87. The highest BCUT2D eigenvalue weighted by Crippen LogP contribution is 2.45. The van der Waals surface area contributed by atoms with Gasteiger partial charge in [0, 0.05) is 13.5 Å². The van der Waals surface area contributed by atoms with E-state index in [-0.39, 0.29) is 5.60 Å². The Balaban J connectivity index is 1.91. The van der Waals surface area contributed by atoms with Crippen LogP contribution in [0.2, 0.25) is 0 Å². The van der Waals surface area contributed by atoms with Crippen molar-refractivity contribution >= 4 is 0 Å². The zero-order valence-corrected chi connectivity index (χ0v) is 11.9. The van der Waals surface area contributed by atoms with Gasteiger partial charge in [0.25, 0.3) is 0 Å². The minimum Gasteiger partial charge on any atom is -0.493 e. The van der Waals surface area contributed by atoms with Gasteiger partial charge in [0.1, 0.15) is 5.75 Å². The Kier molecular flexibility index (Phi) is 3.50. The summed E-state index contributed by atoms with van der Waals surface area (Å²) < 4.78 is 11.5. The van der Waals surface area contributed by atoms with Gasteiger partial charge in [-0.15, -0.1) is 0 Å². The Labute approximate surface area is 115 Å². The van der Waals surface area contributed by atoms with Crippen LogP contribution < -0.4 is 10.1 Å². The normalized spacial score (nSPS) is 21.4. The fraction of sp³-hybridized carbons (Fsp3) is 0.625. The van der Waals surface area contributed by atoms with Crippen LogP contribution in [0.15, 0.2) is 18.2 Å². The number of ether oxygens (including phenoxy) is 2. The first kappa shape index (κ1) is 12.9. The third-order valence-corrected chi connectivity index (χ3v) is 4.59. The van der Waals surface area contributed by atoms with Crippen molar-refractivity contribution in [3.05, 3.63) is 29.3 Å². The number of hydrogen-bond acceptors (Lipinski definition) is 3. The van der Waals surface area contributed by atoms with Crippen molar-refractivity contribution in [3.63, 3.8) is 0 Å². The van der Waals surface area contributed by atoms with Gasteiger partial charge in [0.15, 0.2) is 0 Å². The minimum absolute atomic E-state index is 0.0102. The summed E-state index contributed by atoms with van der Waals surface area (Å²) in [6, 6.07) is 6.90. The molecule has 1 atom stereocenters. The third kappa shape index (κ3) is 2.15. The molecule has 0 spiro atoms. The van der Waals surface area contributed by atoms with Gasteiger partial charge in [-0.25, -0.2) is 0 Å². The van der Waals surface area contributed by atoms with Gasteiger partial charge in [-0.3, -0.25) is 0 Å². The lowest BCUT2D eigenvalue weighted by molar-refractivity contribution is -0.0995. The first-order valence-electron chi connectivity index (χ1n) is 7.33. The maximum Gasteiger partial charge on any atom is 0.122 e. The Bertz CT molecular complexity index is 449. The van der Waals surface area contributed by atoms with Gasteiger partial charge < -0.3 is 14.8 Å². The summed E-state index contributed by atoms with van der Waals surface area (Å²) in [5.41, 5.74) is 2.67. The number of nitrogens with one attached hydrogen (secondary N) is 1. The maximum atomic E-state index is 5.87. The second-order valence-electron chi connectivity index (χ2n) is 5.58. The van der Waals surface area contributed by atoms with Gasteiger partial charge in [0.2, 0.25) is 0 Å². The fourth-order valence-corrected chi connectivity index (χ4v) is 3.33. The molecule has 1 saturated carbocycles. The van der Waals surface area contributed by atoms with Gasteiger partial charge in [-0.05, 0) is 43.0 Å². The van der Waals surface area contributed by atoms with Gasteiger partial charge in [-0.1, -0.05) is 19.1 Å². The van der Waals surface area contributed by atoms with Crippen LogP contribution in [0.3, 0.4) is 0 Å². The van der Waals surface area contributed by atoms with Crippen molar-refractivity contribution in [2.24, 2.45) is 0 Å². The third-order valence-electron chi connectivity index (χ3n) is 4.59. The SMILES string of the molecule is CCNC(c1ccc2c(c1)CCO2)C1(OC)CCC1. The smallest absolute Gasteiger partial charge is 0.122 e. The molecule has 1 aliphatic heterocycles. The summed E-state index contributed by atoms with van der Waals surface area (Å²) in [4.78, 5) is 0. The lowest BCUT2D eigenvalue weighted by Gasteiger charge is -2.47. The molecular formula is C16H23NO2. The Morgan fingerprint density at radius 3 is 2.89 bits per heavy atom. The molecule has 1 aromatic rings. The number of hydrogen-bond donors (Lipinski definition) is 1. The second-order valence-corrected chi connectivity index (χ2v) is 5.58. The summed E-state index contributed by atoms with van der Waals surface area (Å²) in [5, 5.41) is 3.62. The zero-order valence-electron chi connectivity index (χ0n) is 11.9. The van der Waals surface area contributed by atoms with E-state index in [9.17, 15) is 0 Å². The fourth-order valence-electron chi connectivity index (χ4n) is 3.33. The van der Waals surface area contributed by atoms with Crippen molar-refractivity contribution in [3.8, 4) is 5.75 Å². The average molecular weight is 261 g/mol. The molecule has 1 aliphatic carbocycles. The van der Waals surface area contributed by atoms with Crippen LogP contribution >= 0.6 is 0 Å². The molecule has 104 valence electrons. The minimum atomic E-state index is -0.0102. The molecule has 0 amide bonds. The Morgan fingerprint density at radius 2 is 2.26 bits per heavy atom. The molecule has 1 aromatic carbocycles. The predicted molar refractivity (Wildman–Crippen MR) is 75.6 cm³/mol. The highest BCUT2D eigenvalue weighted by atomic mass is 16.5. The molecule has 3 heteroatoms. The van der Waals surface area contributed by atoms with Gasteiger partial charge in [-0.2, -0.15) is 0 Å². The van der Waals surface area contributed by atoms with Crippen molar-refractivity contribution in [1.29, 1.82) is 0 Å². The molecule has 1 heterocycles. The van der Waals surface area contributed by atoms with Crippen molar-refractivity contribution in [2.45, 2.75) is 44.2 Å². The molecule has 19 heavy (non-hydrogen) atoms. The number of benzene rings is 1. The highest BCUT2D eigenvalue weighted by molar-refractivity contribution is 5.41. The molecule has 0 aromatic heterocycles. The van der Waals surface area contributed by atoms with Crippen LogP contribution in [0.1, 0.15) is 43.4 Å². The molecule has 0 saturated heterocycles. The molecule has 1 fully saturated rings. The van der Waals surface area contributed by atoms with Crippen LogP contribution in [-0.4, -0.2) is 25.9 Å². The summed E-state index contributed by atoms with van der Waals surface area (Å²) >= 11 is 0. The van der Waals surface area contributed by atoms with Gasteiger partial charge >= 0.3 is 0 Å². The molecule has 0 bridgehead atoms. The van der Waals surface area contributed by atoms with E-state index in [1.165, 1.54) is 17.5 Å². The summed E-state index contributed by atoms with van der Waals surface area (Å²) in [6.07, 6.45) is 4.59. The summed E-state index contributed by atoms with van der Waals surface area (Å²) in [7, 11) is 1.85. The Morgan fingerprint density at radius 1 is 1.42 bits per heavy atom. The highest BCUT2D eigenvalue weighted by Gasteiger charge is 2.45. The van der Waals surface area contributed by atoms with E-state index in [4.69, 9.17) is 9.47 Å². The van der Waals surface area contributed by atoms with Crippen LogP contribution in [0.25, 0.3) is 0 Å². The second kappa shape index (κ2) is 5.14. The topological polar surface area (TPSA) is 30.5 Å². The number of likely N-dealkylation sites (N-methyl/N-ethyl adjacent to an activating group) is 1. The molecule has 0 radical (unpaired) electrons. The molecular weight excluding hydrogens is 238 g/mol. The number of fused-ring (bicyclic) bond motifs is 1. The first-order chi connectivity index (χ1) is 9.29. The van der Waals surface area contributed by atoms with Crippen LogP contribution in [0, 0.1) is 0 Å². The van der Waals surface area contributed by atoms with E-state index in [0.717, 1.165) is 38.2 Å². The van der Waals surface area contributed by atoms with Gasteiger partial charge in [0.05, 0.1) is 18.2 Å². The summed E-state index contributed by atoms with van der Waals surface area (Å²) in [5.74, 6) is 1.05. The monoisotopic (exact) mass is 261 g/mol. The zero-order chi connectivity index (χ0) is 13.3. The standard InChI is InChI=1S/C16H23NO2/c1-3-17-15(16(18-2)8-4-9-16)13-5-6-14-12(11-13)7-10-19-14/h5-6,11,15,17H,3-4,7-10H2,1-2H3. The quantitative estimate of drug-likeness (QED) is 0.884. The molecule has 2 aliphatic rings. The van der Waals surface area contributed by atoms with E-state index in [1.807, 2.05) is 7.11 Å². The molecule has 1 unspecified atom stereocenters. The average Bonchev–Trinajstić information content (AvgIpc) is 2.84. The number of methoxy groups -OCH3 is 1. The van der Waals surface area contributed by atoms with E-state index in [2.05, 4.69) is 30.4 Å². The number of rotatable bonds is 5. The molecule has 3 nitrogen and oxygen atoms in total. The van der Waals surface area contributed by atoms with Crippen LogP contribution in [-0.2, 0) is 11.2 Å². The Hall–Kier alpha value is -1.06. The molecule has 3 rings (SSSR count). The van der Waals surface area contributed by atoms with Crippen molar-refractivity contribution in [1.82, 2.24) is 5.32 Å². The lowest BCUT2D eigenvalue weighted by atomic mass is 9.72. The first-order valence-corrected chi connectivity index (χ1v) is 7.33. The van der Waals surface area contributed by atoms with Crippen LogP contribution in [0.5, 0.6) is 5.75 Å². The van der Waals surface area contributed by atoms with E-state index < -0.39 is 0 Å². The van der Waals surface area contributed by atoms with E-state index in [0.29, 0.717) is 6.04 Å². The van der Waals surface area contributed by atoms with Crippen molar-refractivity contribution < 1.29 is 9.47 Å². The van der Waals surface area contributed by atoms with Crippen molar-refractivity contribution in [2.75, 3.05) is 20.3 Å². The van der Waals surface area contributed by atoms with E-state index in [1.54, 1.807) is 0 Å².